The molecule has 1 rings (SSSR count). The lowest BCUT2D eigenvalue weighted by atomic mass is 10.2. The molecule has 0 amide bonds. The summed E-state index contributed by atoms with van der Waals surface area (Å²) in [5.41, 5.74) is 6.68. The van der Waals surface area contributed by atoms with Crippen LogP contribution in [0.15, 0.2) is 11.3 Å². The van der Waals surface area contributed by atoms with Crippen LogP contribution in [-0.2, 0) is 0 Å². The Morgan fingerprint density at radius 2 is 2.45 bits per heavy atom. The van der Waals surface area contributed by atoms with Gasteiger partial charge in [0.25, 0.3) is 0 Å². The molecule has 0 radical (unpaired) electrons. The van der Waals surface area contributed by atoms with Crippen molar-refractivity contribution in [2.45, 2.75) is 12.8 Å². The Labute approximate surface area is 70.9 Å². The molecule has 0 atom stereocenters. The highest BCUT2D eigenvalue weighted by molar-refractivity contribution is 7.80. The van der Waals surface area contributed by atoms with Crippen LogP contribution in [0.1, 0.15) is 12.8 Å². The van der Waals surface area contributed by atoms with Gasteiger partial charge in [-0.25, -0.2) is 0 Å². The molecule has 0 aromatic carbocycles. The van der Waals surface area contributed by atoms with E-state index in [2.05, 4.69) is 5.32 Å². The molecular weight excluding hydrogens is 158 g/mol. The van der Waals surface area contributed by atoms with E-state index < -0.39 is 0 Å². The van der Waals surface area contributed by atoms with E-state index in [1.54, 1.807) is 0 Å². The lowest BCUT2D eigenvalue weighted by molar-refractivity contribution is 0.903. The molecule has 0 bridgehead atoms. The molecule has 3 N–H and O–H groups in total. The molecule has 1 aliphatic rings. The van der Waals surface area contributed by atoms with Gasteiger partial charge in [0, 0.05) is 12.2 Å². The fourth-order valence-corrected chi connectivity index (χ4v) is 1.25. The summed E-state index contributed by atoms with van der Waals surface area (Å²) in [5, 5.41) is 11.7. The van der Waals surface area contributed by atoms with Gasteiger partial charge < -0.3 is 11.1 Å². The number of allylic oxidation sites excluding steroid dienone is 1. The highest BCUT2D eigenvalue weighted by atomic mass is 32.1. The lowest BCUT2D eigenvalue weighted by Crippen LogP contribution is -2.16. The number of nitrogens with one attached hydrogen (secondary N) is 1. The van der Waals surface area contributed by atoms with Crippen LogP contribution in [0, 0.1) is 11.3 Å². The monoisotopic (exact) mass is 167 g/mol. The SMILES string of the molecule is N#C/C(C(N)=S)=C1\CCCN1. The summed E-state index contributed by atoms with van der Waals surface area (Å²) in [6, 6.07) is 1.99. The Morgan fingerprint density at radius 3 is 2.82 bits per heavy atom. The molecule has 11 heavy (non-hydrogen) atoms. The number of hydrogen-bond donors (Lipinski definition) is 2. The van der Waals surface area contributed by atoms with Crippen molar-refractivity contribution < 1.29 is 0 Å². The van der Waals surface area contributed by atoms with Gasteiger partial charge in [0.15, 0.2) is 0 Å². The van der Waals surface area contributed by atoms with E-state index in [-0.39, 0.29) is 4.99 Å². The van der Waals surface area contributed by atoms with Crippen LogP contribution in [0.25, 0.3) is 0 Å². The second kappa shape index (κ2) is 3.35. The Balaban J connectivity index is 2.90. The minimum atomic E-state index is 0.192. The van der Waals surface area contributed by atoms with Crippen molar-refractivity contribution in [2.24, 2.45) is 5.73 Å². The smallest absolute Gasteiger partial charge is 0.116 e. The van der Waals surface area contributed by atoms with E-state index in [1.807, 2.05) is 6.07 Å². The molecule has 1 heterocycles. The molecule has 0 aliphatic carbocycles. The highest BCUT2D eigenvalue weighted by Gasteiger charge is 2.12. The van der Waals surface area contributed by atoms with Crippen molar-refractivity contribution in [3.8, 4) is 6.07 Å². The summed E-state index contributed by atoms with van der Waals surface area (Å²) in [4.78, 5) is 0.192. The van der Waals surface area contributed by atoms with Crippen LogP contribution in [0.4, 0.5) is 0 Å². The molecule has 4 heteroatoms. The third-order valence-electron chi connectivity index (χ3n) is 1.60. The van der Waals surface area contributed by atoms with Crippen molar-refractivity contribution in [2.75, 3.05) is 6.54 Å². The van der Waals surface area contributed by atoms with E-state index in [1.165, 1.54) is 0 Å². The summed E-state index contributed by atoms with van der Waals surface area (Å²) >= 11 is 4.71. The predicted molar refractivity (Wildman–Crippen MR) is 46.7 cm³/mol. The van der Waals surface area contributed by atoms with E-state index in [0.717, 1.165) is 25.1 Å². The molecule has 1 aliphatic heterocycles. The average Bonchev–Trinajstić information content (AvgIpc) is 2.40. The first-order chi connectivity index (χ1) is 5.25. The quantitative estimate of drug-likeness (QED) is 0.338. The average molecular weight is 167 g/mol. The summed E-state index contributed by atoms with van der Waals surface area (Å²) in [6.45, 7) is 0.920. The first-order valence-electron chi connectivity index (χ1n) is 3.42. The van der Waals surface area contributed by atoms with Crippen LogP contribution in [0.5, 0.6) is 0 Å². The minimum Gasteiger partial charge on any atom is -0.389 e. The van der Waals surface area contributed by atoms with Crippen LogP contribution in [0.3, 0.4) is 0 Å². The molecule has 1 fully saturated rings. The highest BCUT2D eigenvalue weighted by Crippen LogP contribution is 2.13. The summed E-state index contributed by atoms with van der Waals surface area (Å²) < 4.78 is 0. The molecule has 1 saturated heterocycles. The van der Waals surface area contributed by atoms with E-state index in [9.17, 15) is 0 Å². The third kappa shape index (κ3) is 1.69. The van der Waals surface area contributed by atoms with Crippen LogP contribution in [-0.4, -0.2) is 11.5 Å². The molecule has 0 unspecified atom stereocenters. The van der Waals surface area contributed by atoms with Crippen molar-refractivity contribution in [3.63, 3.8) is 0 Å². The lowest BCUT2D eigenvalue weighted by Gasteiger charge is -2.00. The van der Waals surface area contributed by atoms with Gasteiger partial charge in [-0.15, -0.1) is 0 Å². The number of nitrogens with zero attached hydrogens (tertiary/aromatic N) is 1. The van der Waals surface area contributed by atoms with Crippen molar-refractivity contribution >= 4 is 17.2 Å². The fraction of sp³-hybridized carbons (Fsp3) is 0.429. The number of nitriles is 1. The number of hydrogen-bond acceptors (Lipinski definition) is 3. The maximum atomic E-state index is 8.64. The molecule has 3 nitrogen and oxygen atoms in total. The molecular formula is C7H9N3S. The second-order valence-corrected chi connectivity index (χ2v) is 2.80. The Kier molecular flexibility index (Phi) is 2.44. The zero-order valence-electron chi connectivity index (χ0n) is 6.05. The Morgan fingerprint density at radius 1 is 1.73 bits per heavy atom. The van der Waals surface area contributed by atoms with Gasteiger partial charge in [0.1, 0.15) is 16.6 Å². The van der Waals surface area contributed by atoms with Crippen molar-refractivity contribution in [3.05, 3.63) is 11.3 Å². The summed E-state index contributed by atoms with van der Waals surface area (Å²) in [7, 11) is 0. The minimum absolute atomic E-state index is 0.192. The third-order valence-corrected chi connectivity index (χ3v) is 1.81. The van der Waals surface area contributed by atoms with Gasteiger partial charge >= 0.3 is 0 Å². The van der Waals surface area contributed by atoms with Crippen molar-refractivity contribution in [1.82, 2.24) is 5.32 Å². The normalized spacial score (nSPS) is 20.3. The standard InChI is InChI=1S/C7H9N3S/c8-4-5(7(9)11)6-2-1-3-10-6/h10H,1-3H2,(H2,9,11)/b6-5-. The number of rotatable bonds is 1. The Bertz CT molecular complexity index is 241. The number of nitrogens with two attached hydrogens (primary N) is 1. The van der Waals surface area contributed by atoms with E-state index in [4.69, 9.17) is 23.2 Å². The van der Waals surface area contributed by atoms with E-state index >= 15 is 0 Å². The van der Waals surface area contributed by atoms with Gasteiger partial charge in [-0.05, 0) is 12.8 Å². The molecule has 0 spiro atoms. The van der Waals surface area contributed by atoms with Gasteiger partial charge in [0.05, 0.1) is 0 Å². The maximum absolute atomic E-state index is 8.64. The van der Waals surface area contributed by atoms with Gasteiger partial charge in [-0.1, -0.05) is 12.2 Å². The largest absolute Gasteiger partial charge is 0.389 e. The van der Waals surface area contributed by atoms with Crippen LogP contribution in [0.2, 0.25) is 0 Å². The zero-order chi connectivity index (χ0) is 8.27. The van der Waals surface area contributed by atoms with Gasteiger partial charge in [0.2, 0.25) is 0 Å². The van der Waals surface area contributed by atoms with Crippen molar-refractivity contribution in [1.29, 1.82) is 5.26 Å². The first kappa shape index (κ1) is 8.02. The molecule has 0 aromatic rings. The number of thiocarbonyl (C=S) groups is 1. The second-order valence-electron chi connectivity index (χ2n) is 2.36. The van der Waals surface area contributed by atoms with Crippen LogP contribution >= 0.6 is 12.2 Å². The zero-order valence-corrected chi connectivity index (χ0v) is 6.87. The Hall–Kier alpha value is -1.08. The van der Waals surface area contributed by atoms with Gasteiger partial charge in [-0.2, -0.15) is 5.26 Å². The predicted octanol–water partition coefficient (Wildman–Crippen LogP) is 0.434. The topological polar surface area (TPSA) is 61.8 Å². The first-order valence-corrected chi connectivity index (χ1v) is 3.83. The van der Waals surface area contributed by atoms with Gasteiger partial charge in [-0.3, -0.25) is 0 Å². The maximum Gasteiger partial charge on any atom is 0.116 e. The fourth-order valence-electron chi connectivity index (χ4n) is 1.08. The summed E-state index contributed by atoms with van der Waals surface area (Å²) in [5.74, 6) is 0. The van der Waals surface area contributed by atoms with Crippen LogP contribution < -0.4 is 11.1 Å². The molecule has 0 aromatic heterocycles. The molecule has 58 valence electrons. The molecule has 0 saturated carbocycles. The summed E-state index contributed by atoms with van der Waals surface area (Å²) in [6.07, 6.45) is 1.95. The van der Waals surface area contributed by atoms with E-state index in [0.29, 0.717) is 5.57 Å².